The van der Waals surface area contributed by atoms with Gasteiger partial charge in [0.2, 0.25) is 11.8 Å². The van der Waals surface area contributed by atoms with Crippen molar-refractivity contribution in [2.75, 3.05) is 38.1 Å². The van der Waals surface area contributed by atoms with Crippen molar-refractivity contribution in [3.8, 4) is 0 Å². The molecule has 6 heteroatoms. The highest BCUT2D eigenvalue weighted by atomic mass is 19.1. The average Bonchev–Trinajstić information content (AvgIpc) is 2.91. The molecule has 0 aromatic heterocycles. The zero-order chi connectivity index (χ0) is 17.1. The number of rotatable bonds is 5. The molecule has 2 amide bonds. The molecule has 0 atom stereocenters. The largest absolute Gasteiger partial charge is 0.371 e. The van der Waals surface area contributed by atoms with Gasteiger partial charge in [0.25, 0.3) is 0 Å². The van der Waals surface area contributed by atoms with Crippen molar-refractivity contribution in [3.05, 3.63) is 30.1 Å². The Morgan fingerprint density at radius 3 is 2.46 bits per heavy atom. The third-order valence-corrected chi connectivity index (χ3v) is 5.09. The molecule has 3 rings (SSSR count). The molecular weight excluding hydrogens is 309 g/mol. The van der Waals surface area contributed by atoms with Crippen LogP contribution in [0.1, 0.15) is 25.7 Å². The maximum atomic E-state index is 13.3. The Kier molecular flexibility index (Phi) is 5.14. The Morgan fingerprint density at radius 2 is 1.83 bits per heavy atom. The van der Waals surface area contributed by atoms with Crippen LogP contribution in [0.2, 0.25) is 0 Å². The van der Waals surface area contributed by atoms with E-state index in [0.717, 1.165) is 31.6 Å². The van der Waals surface area contributed by atoms with Gasteiger partial charge in [0.1, 0.15) is 5.82 Å². The Balaban J connectivity index is 1.47. The smallest absolute Gasteiger partial charge is 0.229 e. The number of likely N-dealkylation sites (N-methyl/N-ethyl adjacent to an activating group) is 1. The molecular formula is C18H24FN3O2. The second kappa shape index (κ2) is 7.30. The molecule has 0 N–H and O–H groups in total. The fourth-order valence-electron chi connectivity index (χ4n) is 3.55. The van der Waals surface area contributed by atoms with Crippen molar-refractivity contribution in [2.24, 2.45) is 0 Å². The Labute approximate surface area is 142 Å². The van der Waals surface area contributed by atoms with E-state index in [4.69, 9.17) is 0 Å². The van der Waals surface area contributed by atoms with Gasteiger partial charge in [-0.15, -0.1) is 0 Å². The summed E-state index contributed by atoms with van der Waals surface area (Å²) in [5, 5.41) is 0. The van der Waals surface area contributed by atoms with Gasteiger partial charge < -0.3 is 9.80 Å². The second-order valence-corrected chi connectivity index (χ2v) is 6.62. The number of carbonyl (C=O) groups is 2. The van der Waals surface area contributed by atoms with Gasteiger partial charge in [0, 0.05) is 50.7 Å². The lowest BCUT2D eigenvalue weighted by atomic mass is 10.0. The lowest BCUT2D eigenvalue weighted by Crippen LogP contribution is -2.46. The lowest BCUT2D eigenvalue weighted by Gasteiger charge is -2.38. The van der Waals surface area contributed by atoms with E-state index in [1.165, 1.54) is 11.0 Å². The summed E-state index contributed by atoms with van der Waals surface area (Å²) in [5.74, 6) is -0.296. The van der Waals surface area contributed by atoms with Crippen LogP contribution in [0.5, 0.6) is 0 Å². The van der Waals surface area contributed by atoms with Crippen LogP contribution in [-0.2, 0) is 9.59 Å². The number of anilines is 1. The predicted octanol–water partition coefficient (Wildman–Crippen LogP) is 1.88. The first kappa shape index (κ1) is 16.9. The monoisotopic (exact) mass is 333 g/mol. The van der Waals surface area contributed by atoms with E-state index in [1.54, 1.807) is 12.1 Å². The van der Waals surface area contributed by atoms with Crippen molar-refractivity contribution < 1.29 is 14.0 Å². The maximum Gasteiger partial charge on any atom is 0.229 e. The quantitative estimate of drug-likeness (QED) is 0.772. The van der Waals surface area contributed by atoms with E-state index >= 15 is 0 Å². The zero-order valence-corrected chi connectivity index (χ0v) is 14.1. The maximum absolute atomic E-state index is 13.3. The summed E-state index contributed by atoms with van der Waals surface area (Å²) >= 11 is 0. The summed E-state index contributed by atoms with van der Waals surface area (Å²) < 4.78 is 13.3. The van der Waals surface area contributed by atoms with Crippen molar-refractivity contribution in [2.45, 2.75) is 31.7 Å². The number of amides is 2. The number of imide groups is 1. The molecule has 2 aliphatic heterocycles. The van der Waals surface area contributed by atoms with E-state index < -0.39 is 0 Å². The predicted molar refractivity (Wildman–Crippen MR) is 90.2 cm³/mol. The van der Waals surface area contributed by atoms with Crippen LogP contribution in [0.25, 0.3) is 0 Å². The first-order valence-electron chi connectivity index (χ1n) is 8.58. The molecule has 5 nitrogen and oxygen atoms in total. The summed E-state index contributed by atoms with van der Waals surface area (Å²) in [6.45, 7) is 2.97. The molecule has 2 fully saturated rings. The van der Waals surface area contributed by atoms with Crippen LogP contribution in [-0.4, -0.2) is 60.9 Å². The van der Waals surface area contributed by atoms with Gasteiger partial charge in [0.15, 0.2) is 0 Å². The molecule has 0 radical (unpaired) electrons. The number of hydrogen-bond acceptors (Lipinski definition) is 4. The minimum atomic E-state index is -0.202. The molecule has 24 heavy (non-hydrogen) atoms. The summed E-state index contributed by atoms with van der Waals surface area (Å²) in [5.41, 5.74) is 0.935. The molecule has 1 aromatic carbocycles. The molecule has 130 valence electrons. The molecule has 2 saturated heterocycles. The van der Waals surface area contributed by atoms with Gasteiger partial charge in [0.05, 0.1) is 0 Å². The fraction of sp³-hybridized carbons (Fsp3) is 0.556. The Morgan fingerprint density at radius 1 is 1.17 bits per heavy atom. The highest BCUT2D eigenvalue weighted by Crippen LogP contribution is 2.23. The lowest BCUT2D eigenvalue weighted by molar-refractivity contribution is -0.138. The second-order valence-electron chi connectivity index (χ2n) is 6.62. The molecule has 0 spiro atoms. The van der Waals surface area contributed by atoms with E-state index in [-0.39, 0.29) is 17.6 Å². The third-order valence-electron chi connectivity index (χ3n) is 5.09. The van der Waals surface area contributed by atoms with Crippen molar-refractivity contribution >= 4 is 17.5 Å². The number of likely N-dealkylation sites (tertiary alicyclic amines) is 1. The summed E-state index contributed by atoms with van der Waals surface area (Å²) in [6, 6.07) is 7.16. The number of nitrogens with zero attached hydrogens (tertiary/aromatic N) is 3. The van der Waals surface area contributed by atoms with Crippen molar-refractivity contribution in [1.82, 2.24) is 9.80 Å². The van der Waals surface area contributed by atoms with Crippen LogP contribution in [0.4, 0.5) is 10.1 Å². The summed E-state index contributed by atoms with van der Waals surface area (Å²) in [6.07, 6.45) is 2.70. The number of carbonyl (C=O) groups excluding carboxylic acids is 2. The number of benzene rings is 1. The van der Waals surface area contributed by atoms with Crippen LogP contribution in [0.3, 0.4) is 0 Å². The van der Waals surface area contributed by atoms with Gasteiger partial charge >= 0.3 is 0 Å². The number of halogens is 1. The molecule has 2 heterocycles. The van der Waals surface area contributed by atoms with Crippen molar-refractivity contribution in [3.63, 3.8) is 0 Å². The van der Waals surface area contributed by atoms with Crippen LogP contribution in [0, 0.1) is 5.82 Å². The molecule has 0 aliphatic carbocycles. The topological polar surface area (TPSA) is 43.9 Å². The van der Waals surface area contributed by atoms with Gasteiger partial charge in [-0.2, -0.15) is 0 Å². The van der Waals surface area contributed by atoms with Crippen LogP contribution >= 0.6 is 0 Å². The Hall–Kier alpha value is -1.95. The summed E-state index contributed by atoms with van der Waals surface area (Å²) in [4.78, 5) is 29.1. The standard InChI is InChI=1S/C18H24FN3O2/c1-20(11-12-22-17(23)5-6-18(22)24)15-7-9-21(10-8-15)16-4-2-3-14(19)13-16/h2-4,13,15H,5-12H2,1H3. The van der Waals surface area contributed by atoms with Gasteiger partial charge in [-0.25, -0.2) is 4.39 Å². The highest BCUT2D eigenvalue weighted by Gasteiger charge is 2.29. The highest BCUT2D eigenvalue weighted by molar-refractivity contribution is 6.01. The molecule has 0 saturated carbocycles. The van der Waals surface area contributed by atoms with E-state index in [1.807, 2.05) is 13.1 Å². The zero-order valence-electron chi connectivity index (χ0n) is 14.1. The minimum absolute atomic E-state index is 0.0469. The normalized spacial score (nSPS) is 19.6. The first-order chi connectivity index (χ1) is 11.5. The van der Waals surface area contributed by atoms with E-state index in [0.29, 0.717) is 32.0 Å². The fourth-order valence-corrected chi connectivity index (χ4v) is 3.55. The van der Waals surface area contributed by atoms with Crippen LogP contribution in [0.15, 0.2) is 24.3 Å². The molecule has 0 bridgehead atoms. The van der Waals surface area contributed by atoms with Gasteiger partial charge in [-0.3, -0.25) is 14.5 Å². The average molecular weight is 333 g/mol. The molecule has 0 unspecified atom stereocenters. The van der Waals surface area contributed by atoms with Crippen molar-refractivity contribution in [1.29, 1.82) is 0 Å². The van der Waals surface area contributed by atoms with E-state index in [2.05, 4.69) is 9.80 Å². The third kappa shape index (κ3) is 3.75. The number of hydrogen-bond donors (Lipinski definition) is 0. The van der Waals surface area contributed by atoms with Gasteiger partial charge in [-0.1, -0.05) is 6.07 Å². The molecule has 1 aromatic rings. The molecule has 2 aliphatic rings. The minimum Gasteiger partial charge on any atom is -0.371 e. The Bertz CT molecular complexity index is 598. The summed E-state index contributed by atoms with van der Waals surface area (Å²) in [7, 11) is 2.05. The SMILES string of the molecule is CN(CCN1C(=O)CCC1=O)C1CCN(c2cccc(F)c2)CC1. The van der Waals surface area contributed by atoms with E-state index in [9.17, 15) is 14.0 Å². The number of piperidine rings is 1. The van der Waals surface area contributed by atoms with Gasteiger partial charge in [-0.05, 0) is 38.1 Å². The van der Waals surface area contributed by atoms with Crippen LogP contribution < -0.4 is 4.90 Å². The first-order valence-corrected chi connectivity index (χ1v) is 8.58.